The molecule has 0 radical (unpaired) electrons. The molecule has 0 aliphatic carbocycles. The number of hydrogen-bond acceptors (Lipinski definition) is 3. The minimum absolute atomic E-state index is 0.670. The van der Waals surface area contributed by atoms with Crippen molar-refractivity contribution < 1.29 is 0 Å². The highest BCUT2D eigenvalue weighted by atomic mass is 15.2. The van der Waals surface area contributed by atoms with Crippen molar-refractivity contribution in [2.45, 2.75) is 6.92 Å². The Labute approximate surface area is 66.5 Å². The van der Waals surface area contributed by atoms with E-state index in [9.17, 15) is 0 Å². The Morgan fingerprint density at radius 3 is 3.18 bits per heavy atom. The molecule has 0 aromatic carbocycles. The second kappa shape index (κ2) is 3.71. The smallest absolute Gasteiger partial charge is 0.113 e. The van der Waals surface area contributed by atoms with E-state index in [0.717, 1.165) is 5.70 Å². The topological polar surface area (TPSA) is 28.0 Å². The van der Waals surface area contributed by atoms with Crippen LogP contribution in [-0.4, -0.2) is 24.5 Å². The second-order valence-electron chi connectivity index (χ2n) is 2.26. The van der Waals surface area contributed by atoms with E-state index in [0.29, 0.717) is 6.67 Å². The molecule has 0 saturated carbocycles. The number of hydrogen-bond donors (Lipinski definition) is 0. The lowest BCUT2D eigenvalue weighted by molar-refractivity contribution is 0.516. The first-order valence-corrected chi connectivity index (χ1v) is 3.40. The molecular formula is C8H11N3. The third-order valence-electron chi connectivity index (χ3n) is 1.32. The second-order valence-corrected chi connectivity index (χ2v) is 2.26. The molecule has 3 nitrogen and oxygen atoms in total. The minimum atomic E-state index is 0.670. The Morgan fingerprint density at radius 2 is 2.64 bits per heavy atom. The van der Waals surface area contributed by atoms with E-state index in [4.69, 9.17) is 0 Å². The zero-order valence-corrected chi connectivity index (χ0v) is 6.57. The summed E-state index contributed by atoms with van der Waals surface area (Å²) in [7, 11) is 0. The van der Waals surface area contributed by atoms with E-state index in [1.54, 1.807) is 6.21 Å². The summed E-state index contributed by atoms with van der Waals surface area (Å²) in [5.74, 6) is 0. The van der Waals surface area contributed by atoms with Crippen molar-refractivity contribution in [1.29, 1.82) is 0 Å². The minimum Gasteiger partial charge on any atom is -0.333 e. The van der Waals surface area contributed by atoms with E-state index in [2.05, 4.69) is 16.7 Å². The number of rotatable bonds is 2. The molecule has 0 amide bonds. The zero-order chi connectivity index (χ0) is 8.10. The van der Waals surface area contributed by atoms with Crippen LogP contribution in [0.5, 0.6) is 0 Å². The van der Waals surface area contributed by atoms with Crippen molar-refractivity contribution in [2.75, 3.05) is 6.67 Å². The SMILES string of the molecule is C=N/C(C)=C\N1C=CC=NC1. The highest BCUT2D eigenvalue weighted by Crippen LogP contribution is 2.01. The molecule has 0 aromatic rings. The summed E-state index contributed by atoms with van der Waals surface area (Å²) < 4.78 is 0. The molecule has 3 heteroatoms. The van der Waals surface area contributed by atoms with Crippen LogP contribution in [0.1, 0.15) is 6.92 Å². The van der Waals surface area contributed by atoms with Crippen LogP contribution in [0.2, 0.25) is 0 Å². The standard InChI is InChI=1S/C8H11N3/c1-8(9-2)6-11-5-3-4-10-7-11/h3-6H,2,7H2,1H3/b8-6-. The van der Waals surface area contributed by atoms with E-state index in [-0.39, 0.29) is 0 Å². The first-order valence-electron chi connectivity index (χ1n) is 3.40. The van der Waals surface area contributed by atoms with Crippen LogP contribution in [0.3, 0.4) is 0 Å². The van der Waals surface area contributed by atoms with Gasteiger partial charge in [-0.2, -0.15) is 0 Å². The molecule has 0 N–H and O–H groups in total. The van der Waals surface area contributed by atoms with Crippen molar-refractivity contribution in [3.05, 3.63) is 24.2 Å². The maximum absolute atomic E-state index is 4.05. The summed E-state index contributed by atoms with van der Waals surface area (Å²) in [6.45, 7) is 5.99. The van der Waals surface area contributed by atoms with Gasteiger partial charge in [-0.3, -0.25) is 9.98 Å². The van der Waals surface area contributed by atoms with Crippen LogP contribution < -0.4 is 0 Å². The molecule has 0 atom stereocenters. The van der Waals surface area contributed by atoms with Crippen LogP contribution in [-0.2, 0) is 0 Å². The Hall–Kier alpha value is -1.38. The largest absolute Gasteiger partial charge is 0.333 e. The van der Waals surface area contributed by atoms with Gasteiger partial charge in [0.2, 0.25) is 0 Å². The average molecular weight is 149 g/mol. The molecule has 11 heavy (non-hydrogen) atoms. The highest BCUT2D eigenvalue weighted by Gasteiger charge is 1.94. The highest BCUT2D eigenvalue weighted by molar-refractivity contribution is 5.71. The predicted molar refractivity (Wildman–Crippen MR) is 47.6 cm³/mol. The zero-order valence-electron chi connectivity index (χ0n) is 6.57. The Bertz CT molecular complexity index is 225. The average Bonchev–Trinajstić information content (AvgIpc) is 2.06. The molecule has 1 heterocycles. The molecular weight excluding hydrogens is 138 g/mol. The first kappa shape index (κ1) is 7.72. The monoisotopic (exact) mass is 149 g/mol. The predicted octanol–water partition coefficient (Wildman–Crippen LogP) is 1.41. The van der Waals surface area contributed by atoms with Gasteiger partial charge in [-0.1, -0.05) is 0 Å². The molecule has 0 unspecified atom stereocenters. The quantitative estimate of drug-likeness (QED) is 0.545. The molecule has 0 fully saturated rings. The van der Waals surface area contributed by atoms with Crippen molar-refractivity contribution >= 4 is 12.9 Å². The van der Waals surface area contributed by atoms with Crippen molar-refractivity contribution in [3.8, 4) is 0 Å². The van der Waals surface area contributed by atoms with Gasteiger partial charge in [0, 0.05) is 18.6 Å². The van der Waals surface area contributed by atoms with Gasteiger partial charge in [-0.15, -0.1) is 0 Å². The van der Waals surface area contributed by atoms with Gasteiger partial charge in [-0.25, -0.2) is 0 Å². The lowest BCUT2D eigenvalue weighted by atomic mass is 10.5. The van der Waals surface area contributed by atoms with Gasteiger partial charge in [0.15, 0.2) is 0 Å². The van der Waals surface area contributed by atoms with Crippen LogP contribution >= 0.6 is 0 Å². The van der Waals surface area contributed by atoms with Crippen LogP contribution in [0.4, 0.5) is 0 Å². The fraction of sp³-hybridized carbons (Fsp3) is 0.250. The van der Waals surface area contributed by atoms with Gasteiger partial charge < -0.3 is 4.90 Å². The van der Waals surface area contributed by atoms with Gasteiger partial charge >= 0.3 is 0 Å². The van der Waals surface area contributed by atoms with Crippen molar-refractivity contribution in [1.82, 2.24) is 4.90 Å². The fourth-order valence-electron chi connectivity index (χ4n) is 0.763. The molecule has 0 saturated heterocycles. The normalized spacial score (nSPS) is 17.2. The Kier molecular flexibility index (Phi) is 2.60. The van der Waals surface area contributed by atoms with Crippen LogP contribution in [0, 0.1) is 0 Å². The summed E-state index contributed by atoms with van der Waals surface area (Å²) in [4.78, 5) is 9.77. The van der Waals surface area contributed by atoms with Crippen molar-refractivity contribution in [3.63, 3.8) is 0 Å². The molecule has 0 bridgehead atoms. The summed E-state index contributed by atoms with van der Waals surface area (Å²) in [5.41, 5.74) is 0.895. The third kappa shape index (κ3) is 2.37. The molecule has 1 aliphatic heterocycles. The first-order chi connectivity index (χ1) is 5.33. The fourth-order valence-corrected chi connectivity index (χ4v) is 0.763. The van der Waals surface area contributed by atoms with Gasteiger partial charge in [-0.05, 0) is 19.7 Å². The van der Waals surface area contributed by atoms with E-state index >= 15 is 0 Å². The summed E-state index contributed by atoms with van der Waals surface area (Å²) in [6, 6.07) is 0. The molecule has 1 aliphatic rings. The van der Waals surface area contributed by atoms with Crippen LogP contribution in [0.15, 0.2) is 34.2 Å². The third-order valence-corrected chi connectivity index (χ3v) is 1.32. The number of allylic oxidation sites excluding steroid dienone is 2. The lowest BCUT2D eigenvalue weighted by Crippen LogP contribution is -2.12. The maximum Gasteiger partial charge on any atom is 0.113 e. The molecule has 0 spiro atoms. The van der Waals surface area contributed by atoms with Gasteiger partial charge in [0.05, 0.1) is 5.70 Å². The molecule has 0 aromatic heterocycles. The molecule has 58 valence electrons. The number of nitrogens with zero attached hydrogens (tertiary/aromatic N) is 3. The summed E-state index contributed by atoms with van der Waals surface area (Å²) in [5, 5.41) is 0. The Balaban J connectivity index is 2.56. The van der Waals surface area contributed by atoms with Gasteiger partial charge in [0.25, 0.3) is 0 Å². The summed E-state index contributed by atoms with van der Waals surface area (Å²) in [6.07, 6.45) is 7.51. The van der Waals surface area contributed by atoms with E-state index in [1.165, 1.54) is 0 Å². The Morgan fingerprint density at radius 1 is 1.82 bits per heavy atom. The summed E-state index contributed by atoms with van der Waals surface area (Å²) >= 11 is 0. The van der Waals surface area contributed by atoms with Gasteiger partial charge in [0.1, 0.15) is 6.67 Å². The maximum atomic E-state index is 4.05. The van der Waals surface area contributed by atoms with Crippen molar-refractivity contribution in [2.24, 2.45) is 9.98 Å². The molecule has 1 rings (SSSR count). The number of aliphatic imine (C=N–C) groups is 2. The van der Waals surface area contributed by atoms with E-state index in [1.807, 2.05) is 30.3 Å². The van der Waals surface area contributed by atoms with E-state index < -0.39 is 0 Å². The van der Waals surface area contributed by atoms with Crippen LogP contribution in [0.25, 0.3) is 0 Å². The lowest BCUT2D eigenvalue weighted by Gasteiger charge is -2.14.